The van der Waals surface area contributed by atoms with Gasteiger partial charge in [-0.3, -0.25) is 9.59 Å². The van der Waals surface area contributed by atoms with E-state index in [1.165, 1.54) is 4.90 Å². The number of Topliss-reactive ketones (excluding diaryl/α,β-unsaturated/α-hetero) is 1. The average Bonchev–Trinajstić information content (AvgIpc) is 2.32. The summed E-state index contributed by atoms with van der Waals surface area (Å²) in [4.78, 5) is 36.0. The second kappa shape index (κ2) is 6.98. The van der Waals surface area contributed by atoms with Crippen molar-refractivity contribution in [3.8, 4) is 0 Å². The molecule has 1 aliphatic heterocycles. The van der Waals surface area contributed by atoms with E-state index in [1.54, 1.807) is 13.8 Å². The molecule has 1 amide bonds. The molecule has 6 heteroatoms. The number of carbonyl (C=O) groups is 3. The summed E-state index contributed by atoms with van der Waals surface area (Å²) >= 11 is 0. The van der Waals surface area contributed by atoms with E-state index in [1.807, 2.05) is 0 Å². The third-order valence-electron chi connectivity index (χ3n) is 2.77. The Labute approximate surface area is 106 Å². The van der Waals surface area contributed by atoms with Gasteiger partial charge in [0.25, 0.3) is 0 Å². The molecule has 6 nitrogen and oxygen atoms in total. The first-order valence-corrected chi connectivity index (χ1v) is 6.18. The van der Waals surface area contributed by atoms with Crippen LogP contribution in [-0.2, 0) is 19.1 Å². The molecule has 1 heterocycles. The maximum atomic E-state index is 11.7. The van der Waals surface area contributed by atoms with Gasteiger partial charge in [0.2, 0.25) is 0 Å². The highest BCUT2D eigenvalue weighted by Crippen LogP contribution is 2.17. The molecule has 0 N–H and O–H groups in total. The van der Waals surface area contributed by atoms with Crippen LogP contribution in [0.4, 0.5) is 4.79 Å². The molecule has 0 radical (unpaired) electrons. The second-order valence-electron chi connectivity index (χ2n) is 4.07. The zero-order valence-electron chi connectivity index (χ0n) is 10.8. The molecule has 102 valence electrons. The minimum atomic E-state index is -0.470. The van der Waals surface area contributed by atoms with Crippen molar-refractivity contribution >= 4 is 17.8 Å². The van der Waals surface area contributed by atoms with Gasteiger partial charge in [0.05, 0.1) is 19.6 Å². The summed E-state index contributed by atoms with van der Waals surface area (Å²) in [6, 6.07) is 0. The predicted octanol–water partition coefficient (Wildman–Crippen LogP) is 0.987. The van der Waals surface area contributed by atoms with Crippen LogP contribution in [0.15, 0.2) is 0 Å². The third kappa shape index (κ3) is 4.01. The minimum absolute atomic E-state index is 0.00333. The summed E-state index contributed by atoms with van der Waals surface area (Å²) in [6.45, 7) is 4.62. The summed E-state index contributed by atoms with van der Waals surface area (Å²) in [5.41, 5.74) is 0. The Morgan fingerprint density at radius 2 is 1.94 bits per heavy atom. The van der Waals surface area contributed by atoms with Gasteiger partial charge in [0.1, 0.15) is 5.78 Å². The first-order chi connectivity index (χ1) is 8.58. The smallest absolute Gasteiger partial charge is 0.409 e. The van der Waals surface area contributed by atoms with Crippen LogP contribution in [-0.4, -0.2) is 49.0 Å². The van der Waals surface area contributed by atoms with Gasteiger partial charge in [-0.15, -0.1) is 0 Å². The largest absolute Gasteiger partial charge is 0.466 e. The summed E-state index contributed by atoms with van der Waals surface area (Å²) in [5, 5.41) is 0. The number of hydrogen-bond donors (Lipinski definition) is 0. The van der Waals surface area contributed by atoms with Gasteiger partial charge in [0.15, 0.2) is 0 Å². The number of ether oxygens (including phenoxy) is 2. The van der Waals surface area contributed by atoms with Gasteiger partial charge in [-0.05, 0) is 13.8 Å². The molecule has 1 rings (SSSR count). The van der Waals surface area contributed by atoms with Crippen molar-refractivity contribution < 1.29 is 23.9 Å². The number of carbonyl (C=O) groups excluding carboxylic acids is 3. The Kier molecular flexibility index (Phi) is 5.61. The lowest BCUT2D eigenvalue weighted by Crippen LogP contribution is -2.45. The highest BCUT2D eigenvalue weighted by atomic mass is 16.6. The molecule has 0 unspecified atom stereocenters. The van der Waals surface area contributed by atoms with Crippen LogP contribution in [0.3, 0.4) is 0 Å². The Morgan fingerprint density at radius 1 is 1.28 bits per heavy atom. The summed E-state index contributed by atoms with van der Waals surface area (Å²) in [7, 11) is 0. The van der Waals surface area contributed by atoms with Gasteiger partial charge in [-0.1, -0.05) is 0 Å². The van der Waals surface area contributed by atoms with E-state index in [-0.39, 0.29) is 25.2 Å². The summed E-state index contributed by atoms with van der Waals surface area (Å²) in [5.74, 6) is -0.868. The van der Waals surface area contributed by atoms with Crippen molar-refractivity contribution in [3.63, 3.8) is 0 Å². The van der Waals surface area contributed by atoms with Crippen LogP contribution in [0.1, 0.15) is 26.7 Å². The van der Waals surface area contributed by atoms with Gasteiger partial charge >= 0.3 is 12.1 Å². The Hall–Kier alpha value is -1.59. The first-order valence-electron chi connectivity index (χ1n) is 6.18. The number of piperidine rings is 1. The average molecular weight is 257 g/mol. The molecule has 1 aliphatic rings. The van der Waals surface area contributed by atoms with Crippen molar-refractivity contribution in [3.05, 3.63) is 0 Å². The number of ketones is 1. The normalized spacial score (nSPS) is 19.6. The van der Waals surface area contributed by atoms with Gasteiger partial charge in [-0.25, -0.2) is 4.79 Å². The molecule has 1 fully saturated rings. The van der Waals surface area contributed by atoms with Crippen molar-refractivity contribution in [2.75, 3.05) is 26.3 Å². The lowest BCUT2D eigenvalue weighted by atomic mass is 9.93. The first kappa shape index (κ1) is 14.5. The molecular formula is C12H19NO5. The predicted molar refractivity (Wildman–Crippen MR) is 63.0 cm³/mol. The number of amides is 1. The SMILES string of the molecule is CCOC(=O)C[C@@H]1CN(C(=O)OCC)CCC1=O. The third-order valence-corrected chi connectivity index (χ3v) is 2.77. The number of likely N-dealkylation sites (tertiary alicyclic amines) is 1. The highest BCUT2D eigenvalue weighted by Gasteiger charge is 2.32. The molecule has 0 aromatic rings. The van der Waals surface area contributed by atoms with E-state index in [9.17, 15) is 14.4 Å². The lowest BCUT2D eigenvalue weighted by molar-refractivity contribution is -0.147. The molecular weight excluding hydrogens is 238 g/mol. The molecule has 1 saturated heterocycles. The van der Waals surface area contributed by atoms with E-state index in [2.05, 4.69) is 0 Å². The van der Waals surface area contributed by atoms with Crippen molar-refractivity contribution in [2.24, 2.45) is 5.92 Å². The van der Waals surface area contributed by atoms with Crippen LogP contribution in [0.5, 0.6) is 0 Å². The number of esters is 1. The molecule has 18 heavy (non-hydrogen) atoms. The van der Waals surface area contributed by atoms with E-state index in [0.29, 0.717) is 19.8 Å². The molecule has 0 aromatic carbocycles. The fraction of sp³-hybridized carbons (Fsp3) is 0.750. The molecule has 0 spiro atoms. The molecule has 0 saturated carbocycles. The molecule has 1 atom stereocenters. The zero-order valence-corrected chi connectivity index (χ0v) is 10.8. The van der Waals surface area contributed by atoms with E-state index < -0.39 is 18.0 Å². The number of rotatable bonds is 4. The van der Waals surface area contributed by atoms with Crippen LogP contribution in [0.2, 0.25) is 0 Å². The fourth-order valence-electron chi connectivity index (χ4n) is 1.89. The van der Waals surface area contributed by atoms with Crippen LogP contribution < -0.4 is 0 Å². The second-order valence-corrected chi connectivity index (χ2v) is 4.07. The van der Waals surface area contributed by atoms with Crippen molar-refractivity contribution in [1.29, 1.82) is 0 Å². The highest BCUT2D eigenvalue weighted by molar-refractivity contribution is 5.87. The summed E-state index contributed by atoms with van der Waals surface area (Å²) < 4.78 is 9.69. The van der Waals surface area contributed by atoms with E-state index in [4.69, 9.17) is 9.47 Å². The summed E-state index contributed by atoms with van der Waals surface area (Å²) in [6.07, 6.45) is -0.135. The Bertz CT molecular complexity index is 328. The zero-order chi connectivity index (χ0) is 13.5. The number of hydrogen-bond acceptors (Lipinski definition) is 5. The maximum Gasteiger partial charge on any atom is 0.409 e. The topological polar surface area (TPSA) is 72.9 Å². The lowest BCUT2D eigenvalue weighted by Gasteiger charge is -2.30. The van der Waals surface area contributed by atoms with Crippen molar-refractivity contribution in [2.45, 2.75) is 26.7 Å². The van der Waals surface area contributed by atoms with Crippen LogP contribution in [0, 0.1) is 5.92 Å². The van der Waals surface area contributed by atoms with Gasteiger partial charge in [0, 0.05) is 25.4 Å². The standard InChI is InChI=1S/C12H19NO5/c1-3-17-11(15)7-9-8-13(6-5-10(9)14)12(16)18-4-2/h9H,3-8H2,1-2H3/t9-/m1/s1. The van der Waals surface area contributed by atoms with Crippen LogP contribution in [0.25, 0.3) is 0 Å². The number of nitrogens with zero attached hydrogens (tertiary/aromatic N) is 1. The fourth-order valence-corrected chi connectivity index (χ4v) is 1.89. The van der Waals surface area contributed by atoms with E-state index >= 15 is 0 Å². The quantitative estimate of drug-likeness (QED) is 0.702. The molecule has 0 aliphatic carbocycles. The minimum Gasteiger partial charge on any atom is -0.466 e. The van der Waals surface area contributed by atoms with Gasteiger partial charge in [-0.2, -0.15) is 0 Å². The van der Waals surface area contributed by atoms with Gasteiger partial charge < -0.3 is 14.4 Å². The maximum absolute atomic E-state index is 11.7. The van der Waals surface area contributed by atoms with E-state index in [0.717, 1.165) is 0 Å². The Morgan fingerprint density at radius 3 is 2.56 bits per heavy atom. The van der Waals surface area contributed by atoms with Crippen LogP contribution >= 0.6 is 0 Å². The monoisotopic (exact) mass is 257 g/mol. The Balaban J connectivity index is 2.53. The molecule has 0 aromatic heterocycles. The van der Waals surface area contributed by atoms with Crippen molar-refractivity contribution in [1.82, 2.24) is 4.90 Å². The molecule has 0 bridgehead atoms.